The Hall–Kier alpha value is -2.25. The minimum Gasteiger partial charge on any atom is -0.493 e. The molecule has 0 bridgehead atoms. The second-order valence-electron chi connectivity index (χ2n) is 6.86. The lowest BCUT2D eigenvalue weighted by molar-refractivity contribution is 0.102. The normalized spacial score (nSPS) is 14.6. The molecule has 0 heterocycles. The number of sulfone groups is 1. The van der Waals surface area contributed by atoms with Crippen LogP contribution in [0.5, 0.6) is 11.5 Å². The summed E-state index contributed by atoms with van der Waals surface area (Å²) in [6.07, 6.45) is 3.23. The van der Waals surface area contributed by atoms with E-state index in [2.05, 4.69) is 5.32 Å². The van der Waals surface area contributed by atoms with Gasteiger partial charge in [-0.25, -0.2) is 8.42 Å². The van der Waals surface area contributed by atoms with E-state index < -0.39 is 15.7 Å². The number of carbonyl (C=O) groups excluding carboxylic acids is 1. The molecule has 1 fully saturated rings. The second-order valence-corrected chi connectivity index (χ2v) is 9.49. The van der Waals surface area contributed by atoms with Crippen molar-refractivity contribution in [3.05, 3.63) is 47.0 Å². The van der Waals surface area contributed by atoms with Gasteiger partial charge in [0.2, 0.25) is 0 Å². The van der Waals surface area contributed by atoms with Crippen LogP contribution in [0.2, 0.25) is 5.02 Å². The summed E-state index contributed by atoms with van der Waals surface area (Å²) in [5.41, 5.74) is 0.678. The van der Waals surface area contributed by atoms with Crippen LogP contribution in [0.1, 0.15) is 43.0 Å². The number of halogens is 1. The monoisotopic (exact) mass is 437 g/mol. The van der Waals surface area contributed by atoms with E-state index in [-0.39, 0.29) is 20.7 Å². The van der Waals surface area contributed by atoms with Crippen molar-refractivity contribution in [2.24, 2.45) is 0 Å². The molecule has 8 heteroatoms. The van der Waals surface area contributed by atoms with E-state index in [4.69, 9.17) is 21.1 Å². The zero-order valence-corrected chi connectivity index (χ0v) is 18.0. The number of hydrogen-bond acceptors (Lipinski definition) is 5. The van der Waals surface area contributed by atoms with Gasteiger partial charge in [0, 0.05) is 11.3 Å². The standard InChI is InChI=1S/C21H24ClNO5S/c1-3-28-20-18(22)11-14(12-19(20)27-2)21(24)23-15-7-6-10-17(13-15)29(25,26)16-8-4-5-9-16/h6-7,10-13,16H,3-5,8-9H2,1-2H3,(H,23,24). The molecule has 0 aliphatic heterocycles. The van der Waals surface area contributed by atoms with Crippen LogP contribution in [0.3, 0.4) is 0 Å². The predicted molar refractivity (Wildman–Crippen MR) is 113 cm³/mol. The van der Waals surface area contributed by atoms with Gasteiger partial charge in [0.1, 0.15) is 0 Å². The van der Waals surface area contributed by atoms with Crippen LogP contribution < -0.4 is 14.8 Å². The van der Waals surface area contributed by atoms with Crippen molar-refractivity contribution in [3.8, 4) is 11.5 Å². The number of methoxy groups -OCH3 is 1. The van der Waals surface area contributed by atoms with E-state index in [1.807, 2.05) is 6.92 Å². The lowest BCUT2D eigenvalue weighted by Crippen LogP contribution is -2.18. The topological polar surface area (TPSA) is 81.7 Å². The first-order valence-corrected chi connectivity index (χ1v) is 11.4. The Bertz CT molecular complexity index is 1000. The van der Waals surface area contributed by atoms with E-state index in [0.29, 0.717) is 36.6 Å². The second kappa shape index (κ2) is 9.05. The van der Waals surface area contributed by atoms with Crippen molar-refractivity contribution < 1.29 is 22.7 Å². The van der Waals surface area contributed by atoms with Crippen LogP contribution in [-0.4, -0.2) is 33.3 Å². The fourth-order valence-corrected chi connectivity index (χ4v) is 5.64. The summed E-state index contributed by atoms with van der Waals surface area (Å²) in [4.78, 5) is 12.9. The molecule has 0 saturated heterocycles. The first-order chi connectivity index (χ1) is 13.9. The molecule has 1 aliphatic rings. The average molecular weight is 438 g/mol. The van der Waals surface area contributed by atoms with Gasteiger partial charge in [-0.15, -0.1) is 0 Å². The van der Waals surface area contributed by atoms with Gasteiger partial charge >= 0.3 is 0 Å². The molecule has 3 rings (SSSR count). The minimum atomic E-state index is -3.40. The Labute approximate surface area is 176 Å². The molecule has 156 valence electrons. The molecule has 0 aromatic heterocycles. The smallest absolute Gasteiger partial charge is 0.255 e. The van der Waals surface area contributed by atoms with Crippen LogP contribution in [0.25, 0.3) is 0 Å². The van der Waals surface area contributed by atoms with Gasteiger partial charge in [-0.3, -0.25) is 4.79 Å². The Morgan fingerprint density at radius 1 is 1.21 bits per heavy atom. The number of carbonyl (C=O) groups is 1. The summed E-state index contributed by atoms with van der Waals surface area (Å²) < 4.78 is 36.3. The quantitative estimate of drug-likeness (QED) is 0.677. The average Bonchev–Trinajstić information content (AvgIpc) is 3.25. The molecule has 1 N–H and O–H groups in total. The van der Waals surface area contributed by atoms with Crippen LogP contribution in [0.4, 0.5) is 5.69 Å². The molecule has 0 atom stereocenters. The third-order valence-corrected chi connectivity index (χ3v) is 7.48. The van der Waals surface area contributed by atoms with Crippen molar-refractivity contribution in [2.45, 2.75) is 42.8 Å². The lowest BCUT2D eigenvalue weighted by atomic mass is 10.1. The van der Waals surface area contributed by atoms with Crippen LogP contribution in [0.15, 0.2) is 41.3 Å². The molecule has 2 aromatic rings. The first-order valence-electron chi connectivity index (χ1n) is 9.52. The summed E-state index contributed by atoms with van der Waals surface area (Å²) in [6, 6.07) is 9.37. The van der Waals surface area contributed by atoms with Crippen molar-refractivity contribution in [3.63, 3.8) is 0 Å². The van der Waals surface area contributed by atoms with E-state index >= 15 is 0 Å². The largest absolute Gasteiger partial charge is 0.493 e. The van der Waals surface area contributed by atoms with Crippen molar-refractivity contribution in [2.75, 3.05) is 19.0 Å². The Morgan fingerprint density at radius 3 is 2.59 bits per heavy atom. The number of hydrogen-bond donors (Lipinski definition) is 1. The van der Waals surface area contributed by atoms with Crippen molar-refractivity contribution >= 4 is 33.0 Å². The SMILES string of the molecule is CCOc1c(Cl)cc(C(=O)Nc2cccc(S(=O)(=O)C3CCCC3)c2)cc1OC. The summed E-state index contributed by atoms with van der Waals surface area (Å²) in [7, 11) is -1.93. The predicted octanol–water partition coefficient (Wildman–Crippen LogP) is 4.72. The molecule has 2 aromatic carbocycles. The maximum atomic E-state index is 12.8. The third-order valence-electron chi connectivity index (χ3n) is 4.94. The number of benzene rings is 2. The Kier molecular flexibility index (Phi) is 6.70. The zero-order valence-electron chi connectivity index (χ0n) is 16.4. The highest BCUT2D eigenvalue weighted by atomic mass is 35.5. The first kappa shape index (κ1) is 21.5. The Morgan fingerprint density at radius 2 is 1.93 bits per heavy atom. The summed E-state index contributed by atoms with van der Waals surface area (Å²) in [5.74, 6) is 0.295. The molecule has 6 nitrogen and oxygen atoms in total. The summed E-state index contributed by atoms with van der Waals surface area (Å²) in [5, 5.41) is 2.65. The number of nitrogens with one attached hydrogen (secondary N) is 1. The summed E-state index contributed by atoms with van der Waals surface area (Å²) >= 11 is 6.23. The van der Waals surface area contributed by atoms with Gasteiger partial charge in [0.05, 0.1) is 28.9 Å². The minimum absolute atomic E-state index is 0.226. The molecule has 1 amide bonds. The van der Waals surface area contributed by atoms with E-state index in [1.165, 1.54) is 25.3 Å². The van der Waals surface area contributed by atoms with Gasteiger partial charge < -0.3 is 14.8 Å². The molecule has 29 heavy (non-hydrogen) atoms. The van der Waals surface area contributed by atoms with E-state index in [1.54, 1.807) is 18.2 Å². The van der Waals surface area contributed by atoms with E-state index in [0.717, 1.165) is 12.8 Å². The highest BCUT2D eigenvalue weighted by Crippen LogP contribution is 2.37. The van der Waals surface area contributed by atoms with Gasteiger partial charge in [-0.2, -0.15) is 0 Å². The number of rotatable bonds is 7. The number of amides is 1. The van der Waals surface area contributed by atoms with Gasteiger partial charge in [0.25, 0.3) is 5.91 Å². The number of anilines is 1. The molecular formula is C21H24ClNO5S. The zero-order chi connectivity index (χ0) is 21.0. The maximum absolute atomic E-state index is 12.8. The molecule has 1 saturated carbocycles. The fraction of sp³-hybridized carbons (Fsp3) is 0.381. The highest BCUT2D eigenvalue weighted by molar-refractivity contribution is 7.92. The van der Waals surface area contributed by atoms with Crippen LogP contribution in [0, 0.1) is 0 Å². The Balaban J connectivity index is 1.84. The van der Waals surface area contributed by atoms with Gasteiger partial charge in [0.15, 0.2) is 21.3 Å². The molecule has 0 radical (unpaired) electrons. The molecule has 0 unspecified atom stereocenters. The fourth-order valence-electron chi connectivity index (χ4n) is 3.48. The molecule has 0 spiro atoms. The summed E-state index contributed by atoms with van der Waals surface area (Å²) in [6.45, 7) is 2.23. The third kappa shape index (κ3) is 4.67. The number of ether oxygens (including phenoxy) is 2. The molecular weight excluding hydrogens is 414 g/mol. The highest BCUT2D eigenvalue weighted by Gasteiger charge is 2.30. The van der Waals surface area contributed by atoms with E-state index in [9.17, 15) is 13.2 Å². The van der Waals surface area contributed by atoms with Crippen LogP contribution in [-0.2, 0) is 9.84 Å². The lowest BCUT2D eigenvalue weighted by Gasteiger charge is -2.14. The maximum Gasteiger partial charge on any atom is 0.255 e. The van der Waals surface area contributed by atoms with Crippen LogP contribution >= 0.6 is 11.6 Å². The van der Waals surface area contributed by atoms with Crippen molar-refractivity contribution in [1.29, 1.82) is 0 Å². The van der Waals surface area contributed by atoms with Gasteiger partial charge in [-0.1, -0.05) is 30.5 Å². The molecule has 1 aliphatic carbocycles. The van der Waals surface area contributed by atoms with Crippen molar-refractivity contribution in [1.82, 2.24) is 0 Å². The van der Waals surface area contributed by atoms with Gasteiger partial charge in [-0.05, 0) is 50.1 Å².